The number of hydrogen-bond donors (Lipinski definition) is 0. The summed E-state index contributed by atoms with van der Waals surface area (Å²) in [4.78, 5) is 10.5. The molecule has 3 rings (SSSR count). The summed E-state index contributed by atoms with van der Waals surface area (Å²) in [5.74, 6) is 3.70. The molecular weight excluding hydrogens is 327 g/mol. The van der Waals surface area contributed by atoms with Crippen molar-refractivity contribution < 1.29 is 9.53 Å². The second kappa shape index (κ2) is 8.46. The van der Waals surface area contributed by atoms with Gasteiger partial charge in [-0.05, 0) is 22.8 Å². The second-order valence-corrected chi connectivity index (χ2v) is 8.70. The van der Waals surface area contributed by atoms with Crippen LogP contribution in [-0.4, -0.2) is 18.5 Å². The van der Waals surface area contributed by atoms with Crippen molar-refractivity contribution >= 4 is 34.7 Å². The molecule has 25 heavy (non-hydrogen) atoms. The van der Waals surface area contributed by atoms with E-state index in [-0.39, 0.29) is 6.61 Å². The highest BCUT2D eigenvalue weighted by atomic mass is 31.2. The van der Waals surface area contributed by atoms with Gasteiger partial charge in [-0.2, -0.15) is 0 Å². The lowest BCUT2D eigenvalue weighted by atomic mass is 10.4. The van der Waals surface area contributed by atoms with Crippen molar-refractivity contribution in [1.29, 1.82) is 0 Å². The molecule has 2 nitrogen and oxygen atoms in total. The summed E-state index contributed by atoms with van der Waals surface area (Å²) in [6, 6.07) is 31.2. The Kier molecular flexibility index (Phi) is 5.82. The predicted molar refractivity (Wildman–Crippen MR) is 107 cm³/mol. The third kappa shape index (κ3) is 3.73. The Morgan fingerprint density at radius 2 is 1.12 bits per heavy atom. The van der Waals surface area contributed by atoms with E-state index >= 15 is 0 Å². The van der Waals surface area contributed by atoms with Crippen LogP contribution in [-0.2, 0) is 9.53 Å². The van der Waals surface area contributed by atoms with Gasteiger partial charge in [-0.3, -0.25) is 0 Å². The molecular formula is C22H19O2P. The number of carbonyl (C=O) groups excluding carboxylic acids is 1. The standard InChI is InChI=1S/C22H19O2P/c23-17-10-18-24-19-25(20-11-4-1-5-12-20,21-13-6-2-7-14-21)22-15-8-3-9-16-22/h1-16,19H,18H2. The maximum absolute atomic E-state index is 10.5. The summed E-state index contributed by atoms with van der Waals surface area (Å²) in [6.45, 7) is -1.87. The summed E-state index contributed by atoms with van der Waals surface area (Å²) < 4.78 is 5.81. The monoisotopic (exact) mass is 346 g/mol. The maximum atomic E-state index is 10.5. The Labute approximate surface area is 148 Å². The zero-order chi connectivity index (χ0) is 17.4. The molecule has 0 atom stereocenters. The molecule has 0 spiro atoms. The van der Waals surface area contributed by atoms with Gasteiger partial charge < -0.3 is 4.74 Å². The van der Waals surface area contributed by atoms with Crippen molar-refractivity contribution in [3.63, 3.8) is 0 Å². The van der Waals surface area contributed by atoms with Gasteiger partial charge in [0.15, 0.2) is 0 Å². The van der Waals surface area contributed by atoms with Crippen molar-refractivity contribution in [2.45, 2.75) is 0 Å². The van der Waals surface area contributed by atoms with Crippen LogP contribution in [0.25, 0.3) is 0 Å². The van der Waals surface area contributed by atoms with E-state index in [1.54, 1.807) is 5.94 Å². The number of hydrogen-bond acceptors (Lipinski definition) is 2. The lowest BCUT2D eigenvalue weighted by Crippen LogP contribution is -2.27. The molecule has 3 aromatic rings. The van der Waals surface area contributed by atoms with E-state index in [0.29, 0.717) is 0 Å². The van der Waals surface area contributed by atoms with Gasteiger partial charge in [-0.1, -0.05) is 91.0 Å². The minimum Gasteiger partial charge on any atom is -0.348 e. The van der Waals surface area contributed by atoms with Gasteiger partial charge >= 0.3 is 0 Å². The molecule has 3 heteroatoms. The zero-order valence-corrected chi connectivity index (χ0v) is 14.7. The molecule has 0 aromatic heterocycles. The van der Waals surface area contributed by atoms with E-state index < -0.39 is 6.89 Å². The van der Waals surface area contributed by atoms with Crippen LogP contribution in [0.4, 0.5) is 0 Å². The minimum absolute atomic E-state index is 0.220. The Hall–Kier alpha value is -2.63. The fourth-order valence-corrected chi connectivity index (χ4v) is 6.35. The maximum Gasteiger partial charge on any atom is 0.122 e. The Bertz CT molecular complexity index is 793. The van der Waals surface area contributed by atoms with E-state index in [4.69, 9.17) is 4.74 Å². The molecule has 0 aliphatic heterocycles. The topological polar surface area (TPSA) is 26.3 Å². The molecule has 0 radical (unpaired) electrons. The first-order valence-corrected chi connectivity index (χ1v) is 9.94. The fraction of sp³-hybridized carbons (Fsp3) is 0.0455. The van der Waals surface area contributed by atoms with Crippen LogP contribution in [0.15, 0.2) is 97.1 Å². The van der Waals surface area contributed by atoms with Gasteiger partial charge in [0.25, 0.3) is 0 Å². The number of ether oxygens (including phenoxy) is 1. The van der Waals surface area contributed by atoms with E-state index in [1.165, 1.54) is 22.0 Å². The molecule has 0 fully saturated rings. The molecule has 0 unspecified atom stereocenters. The van der Waals surface area contributed by atoms with Crippen LogP contribution in [0, 0.1) is 0 Å². The van der Waals surface area contributed by atoms with Crippen molar-refractivity contribution in [3.8, 4) is 0 Å². The SMILES string of the molecule is O=C=CCOC=P(c1ccccc1)(c1ccccc1)c1ccccc1. The Morgan fingerprint density at radius 3 is 1.48 bits per heavy atom. The molecule has 0 N–H and O–H groups in total. The zero-order valence-electron chi connectivity index (χ0n) is 13.8. The first-order valence-electron chi connectivity index (χ1n) is 8.09. The fourth-order valence-electron chi connectivity index (χ4n) is 2.86. The van der Waals surface area contributed by atoms with Gasteiger partial charge in [-0.15, -0.1) is 0 Å². The minimum atomic E-state index is -2.09. The van der Waals surface area contributed by atoms with Crippen LogP contribution in [0.3, 0.4) is 0 Å². The lowest BCUT2D eigenvalue weighted by Gasteiger charge is -2.28. The highest BCUT2D eigenvalue weighted by Crippen LogP contribution is 2.43. The van der Waals surface area contributed by atoms with Crippen molar-refractivity contribution in [1.82, 2.24) is 0 Å². The van der Waals surface area contributed by atoms with E-state index in [0.717, 1.165) is 0 Å². The molecule has 124 valence electrons. The molecule has 0 heterocycles. The first-order chi connectivity index (χ1) is 12.4. The Balaban J connectivity index is 2.29. The van der Waals surface area contributed by atoms with Gasteiger partial charge in [0.1, 0.15) is 5.94 Å². The molecule has 0 bridgehead atoms. The summed E-state index contributed by atoms with van der Waals surface area (Å²) in [6.07, 6.45) is 1.35. The van der Waals surface area contributed by atoms with Crippen LogP contribution < -0.4 is 15.9 Å². The van der Waals surface area contributed by atoms with Crippen LogP contribution in [0.5, 0.6) is 0 Å². The van der Waals surface area contributed by atoms with Gasteiger partial charge in [0.05, 0.1) is 6.61 Å². The van der Waals surface area contributed by atoms with Crippen molar-refractivity contribution in [2.75, 3.05) is 6.61 Å². The lowest BCUT2D eigenvalue weighted by molar-refractivity contribution is 0.375. The van der Waals surface area contributed by atoms with Crippen molar-refractivity contribution in [3.05, 3.63) is 97.1 Å². The third-order valence-corrected chi connectivity index (χ3v) is 7.79. The van der Waals surface area contributed by atoms with Crippen LogP contribution >= 0.6 is 6.89 Å². The van der Waals surface area contributed by atoms with Crippen LogP contribution in [0.1, 0.15) is 0 Å². The molecule has 0 saturated heterocycles. The molecule has 0 aliphatic rings. The number of rotatable bonds is 6. The predicted octanol–water partition coefficient (Wildman–Crippen LogP) is 3.14. The normalized spacial score (nSPS) is 10.7. The summed E-state index contributed by atoms with van der Waals surface area (Å²) in [5, 5.41) is 3.63. The van der Waals surface area contributed by atoms with Gasteiger partial charge in [-0.25, -0.2) is 4.79 Å². The smallest absolute Gasteiger partial charge is 0.122 e. The summed E-state index contributed by atoms with van der Waals surface area (Å²) in [5.41, 5.74) is 0. The summed E-state index contributed by atoms with van der Waals surface area (Å²) >= 11 is 0. The average Bonchev–Trinajstić information content (AvgIpc) is 2.70. The number of benzene rings is 3. The van der Waals surface area contributed by atoms with Gasteiger partial charge in [0, 0.05) is 12.1 Å². The second-order valence-electron chi connectivity index (χ2n) is 5.49. The Morgan fingerprint density at radius 1 is 0.720 bits per heavy atom. The summed E-state index contributed by atoms with van der Waals surface area (Å²) in [7, 11) is 0. The van der Waals surface area contributed by atoms with E-state index in [9.17, 15) is 4.79 Å². The van der Waals surface area contributed by atoms with E-state index in [1.807, 2.05) is 24.2 Å². The van der Waals surface area contributed by atoms with E-state index in [2.05, 4.69) is 72.8 Å². The highest BCUT2D eigenvalue weighted by molar-refractivity contribution is 7.94. The molecule has 0 aliphatic carbocycles. The first kappa shape index (κ1) is 17.2. The molecule has 3 aromatic carbocycles. The molecule has 0 saturated carbocycles. The van der Waals surface area contributed by atoms with Crippen molar-refractivity contribution in [2.24, 2.45) is 0 Å². The largest absolute Gasteiger partial charge is 0.348 e. The van der Waals surface area contributed by atoms with Gasteiger partial charge in [0.2, 0.25) is 0 Å². The average molecular weight is 346 g/mol. The molecule has 0 amide bonds. The third-order valence-electron chi connectivity index (χ3n) is 3.99. The van der Waals surface area contributed by atoms with Crippen LogP contribution in [0.2, 0.25) is 0 Å². The quantitative estimate of drug-likeness (QED) is 0.389. The highest BCUT2D eigenvalue weighted by Gasteiger charge is 2.25.